The van der Waals surface area contributed by atoms with Gasteiger partial charge in [0.15, 0.2) is 5.78 Å². The van der Waals surface area contributed by atoms with E-state index in [2.05, 4.69) is 42.9 Å². The van der Waals surface area contributed by atoms with Crippen LogP contribution in [0.3, 0.4) is 0 Å². The summed E-state index contributed by atoms with van der Waals surface area (Å²) in [7, 11) is 0. The van der Waals surface area contributed by atoms with Gasteiger partial charge in [0.05, 0.1) is 0 Å². The fraction of sp³-hybridized carbons (Fsp3) is 0.667. The summed E-state index contributed by atoms with van der Waals surface area (Å²) in [6, 6.07) is 1.61. The maximum atomic E-state index is 12.3. The number of carbonyl (C=O) groups is 2. The Morgan fingerprint density at radius 3 is 2.43 bits per heavy atom. The summed E-state index contributed by atoms with van der Waals surface area (Å²) in [5.74, 6) is 1.17. The molecule has 1 saturated heterocycles. The van der Waals surface area contributed by atoms with Crippen LogP contribution in [-0.2, 0) is 0 Å². The molecule has 2 rings (SSSR count). The van der Waals surface area contributed by atoms with Gasteiger partial charge in [-0.05, 0) is 45.1 Å². The molecular formula is C18H29N3O2. The van der Waals surface area contributed by atoms with Gasteiger partial charge >= 0.3 is 0 Å². The summed E-state index contributed by atoms with van der Waals surface area (Å²) >= 11 is 0. The SMILES string of the molecule is CC(=O)c1c[nH]c(C(=O)NCC(C)(C)N2C[C@H](C)C[C@H](C)C2)c1. The third-order valence-corrected chi connectivity index (χ3v) is 4.74. The van der Waals surface area contributed by atoms with Crippen molar-refractivity contribution < 1.29 is 9.59 Å². The third-order valence-electron chi connectivity index (χ3n) is 4.74. The van der Waals surface area contributed by atoms with Crippen molar-refractivity contribution in [2.24, 2.45) is 11.8 Å². The Hall–Kier alpha value is -1.62. The second kappa shape index (κ2) is 6.87. The zero-order valence-electron chi connectivity index (χ0n) is 14.9. The number of aromatic nitrogens is 1. The highest BCUT2D eigenvalue weighted by Crippen LogP contribution is 2.26. The summed E-state index contributed by atoms with van der Waals surface area (Å²) in [4.78, 5) is 28.9. The molecule has 0 unspecified atom stereocenters. The van der Waals surface area contributed by atoms with E-state index in [0.717, 1.165) is 13.1 Å². The molecule has 2 N–H and O–H groups in total. The molecule has 1 fully saturated rings. The second-order valence-electron chi connectivity index (χ2n) is 7.70. The molecule has 0 radical (unpaired) electrons. The molecule has 1 amide bonds. The van der Waals surface area contributed by atoms with Crippen molar-refractivity contribution >= 4 is 11.7 Å². The fourth-order valence-electron chi connectivity index (χ4n) is 3.39. The van der Waals surface area contributed by atoms with Crippen LogP contribution >= 0.6 is 0 Å². The van der Waals surface area contributed by atoms with Crippen molar-refractivity contribution in [1.82, 2.24) is 15.2 Å². The summed E-state index contributed by atoms with van der Waals surface area (Å²) in [6.45, 7) is 13.2. The number of hydrogen-bond acceptors (Lipinski definition) is 3. The minimum absolute atomic E-state index is 0.0445. The van der Waals surface area contributed by atoms with Gasteiger partial charge in [0.1, 0.15) is 5.69 Å². The molecule has 1 aliphatic heterocycles. The number of rotatable bonds is 5. The van der Waals surface area contributed by atoms with Gasteiger partial charge in [0, 0.05) is 36.9 Å². The van der Waals surface area contributed by atoms with Gasteiger partial charge in [-0.15, -0.1) is 0 Å². The summed E-state index contributed by atoms with van der Waals surface area (Å²) in [6.07, 6.45) is 2.85. The van der Waals surface area contributed by atoms with Crippen molar-refractivity contribution in [3.8, 4) is 0 Å². The van der Waals surface area contributed by atoms with E-state index in [1.165, 1.54) is 13.3 Å². The normalized spacial score (nSPS) is 22.8. The van der Waals surface area contributed by atoms with Crippen molar-refractivity contribution in [3.63, 3.8) is 0 Å². The van der Waals surface area contributed by atoms with Gasteiger partial charge in [-0.25, -0.2) is 0 Å². The lowest BCUT2D eigenvalue weighted by Crippen LogP contribution is -2.56. The molecule has 1 aliphatic rings. The Balaban J connectivity index is 1.95. The number of likely N-dealkylation sites (tertiary alicyclic amines) is 1. The summed E-state index contributed by atoms with van der Waals surface area (Å²) in [5.41, 5.74) is 0.883. The molecule has 0 bridgehead atoms. The zero-order valence-corrected chi connectivity index (χ0v) is 14.9. The van der Waals surface area contributed by atoms with Crippen molar-refractivity contribution in [1.29, 1.82) is 0 Å². The highest BCUT2D eigenvalue weighted by Gasteiger charge is 2.33. The molecule has 1 aromatic rings. The second-order valence-corrected chi connectivity index (χ2v) is 7.70. The van der Waals surface area contributed by atoms with Gasteiger partial charge in [0.2, 0.25) is 0 Å². The van der Waals surface area contributed by atoms with Gasteiger partial charge in [0.25, 0.3) is 5.91 Å². The number of Topliss-reactive ketones (excluding diaryl/α,β-unsaturated/α-hetero) is 1. The number of hydrogen-bond donors (Lipinski definition) is 2. The van der Waals surface area contributed by atoms with Gasteiger partial charge in [-0.3, -0.25) is 14.5 Å². The predicted molar refractivity (Wildman–Crippen MR) is 91.7 cm³/mol. The molecule has 2 heterocycles. The number of nitrogens with zero attached hydrogens (tertiary/aromatic N) is 1. The fourth-order valence-corrected chi connectivity index (χ4v) is 3.39. The molecule has 128 valence electrons. The maximum absolute atomic E-state index is 12.3. The number of piperidine rings is 1. The topological polar surface area (TPSA) is 65.2 Å². The molecule has 1 aromatic heterocycles. The maximum Gasteiger partial charge on any atom is 0.267 e. The molecule has 2 atom stereocenters. The smallest absolute Gasteiger partial charge is 0.267 e. The van der Waals surface area contributed by atoms with Gasteiger partial charge in [-0.2, -0.15) is 0 Å². The van der Waals surface area contributed by atoms with Gasteiger partial charge < -0.3 is 10.3 Å². The Bertz CT molecular complexity index is 567. The van der Waals surface area contributed by atoms with E-state index >= 15 is 0 Å². The van der Waals surface area contributed by atoms with E-state index in [4.69, 9.17) is 0 Å². The average molecular weight is 319 g/mol. The lowest BCUT2D eigenvalue weighted by Gasteiger charge is -2.45. The Kier molecular flexibility index (Phi) is 5.30. The van der Waals surface area contributed by atoms with E-state index in [1.807, 2.05) is 0 Å². The average Bonchev–Trinajstić information content (AvgIpc) is 2.94. The van der Waals surface area contributed by atoms with Crippen LogP contribution in [0.5, 0.6) is 0 Å². The number of amides is 1. The Morgan fingerprint density at radius 2 is 1.91 bits per heavy atom. The Labute approximate surface area is 138 Å². The van der Waals surface area contributed by atoms with Crippen LogP contribution < -0.4 is 5.32 Å². The number of carbonyl (C=O) groups excluding carboxylic acids is 2. The van der Waals surface area contributed by atoms with E-state index in [0.29, 0.717) is 29.6 Å². The molecule has 23 heavy (non-hydrogen) atoms. The minimum Gasteiger partial charge on any atom is -0.356 e. The van der Waals surface area contributed by atoms with Crippen LogP contribution in [-0.4, -0.2) is 46.7 Å². The number of aromatic amines is 1. The first-order chi connectivity index (χ1) is 10.7. The highest BCUT2D eigenvalue weighted by molar-refractivity contribution is 5.99. The van der Waals surface area contributed by atoms with Crippen molar-refractivity contribution in [2.75, 3.05) is 19.6 Å². The van der Waals surface area contributed by atoms with Crippen LogP contribution in [0.1, 0.15) is 61.9 Å². The summed E-state index contributed by atoms with van der Waals surface area (Å²) in [5, 5.41) is 3.00. The van der Waals surface area contributed by atoms with Crippen LogP contribution in [0.4, 0.5) is 0 Å². The largest absolute Gasteiger partial charge is 0.356 e. The van der Waals surface area contributed by atoms with E-state index in [-0.39, 0.29) is 17.2 Å². The Morgan fingerprint density at radius 1 is 1.30 bits per heavy atom. The predicted octanol–water partition coefficient (Wildman–Crippen LogP) is 2.70. The molecule has 0 aliphatic carbocycles. The quantitative estimate of drug-likeness (QED) is 0.820. The monoisotopic (exact) mass is 319 g/mol. The van der Waals surface area contributed by atoms with Crippen LogP contribution in [0.15, 0.2) is 12.3 Å². The minimum atomic E-state index is -0.163. The molecule has 0 aromatic carbocycles. The first-order valence-electron chi connectivity index (χ1n) is 8.41. The lowest BCUT2D eigenvalue weighted by molar-refractivity contribution is 0.0444. The highest BCUT2D eigenvalue weighted by atomic mass is 16.2. The summed E-state index contributed by atoms with van der Waals surface area (Å²) < 4.78 is 0. The number of H-pyrrole nitrogens is 1. The number of ketones is 1. The van der Waals surface area contributed by atoms with Crippen LogP contribution in [0, 0.1) is 11.8 Å². The molecule has 0 spiro atoms. The molecular weight excluding hydrogens is 290 g/mol. The third kappa shape index (κ3) is 4.44. The first kappa shape index (κ1) is 17.7. The van der Waals surface area contributed by atoms with Crippen LogP contribution in [0.2, 0.25) is 0 Å². The van der Waals surface area contributed by atoms with E-state index < -0.39 is 0 Å². The number of nitrogens with one attached hydrogen (secondary N) is 2. The van der Waals surface area contributed by atoms with Crippen LogP contribution in [0.25, 0.3) is 0 Å². The van der Waals surface area contributed by atoms with E-state index in [1.54, 1.807) is 12.3 Å². The van der Waals surface area contributed by atoms with Gasteiger partial charge in [-0.1, -0.05) is 13.8 Å². The van der Waals surface area contributed by atoms with Crippen molar-refractivity contribution in [2.45, 2.75) is 46.6 Å². The lowest BCUT2D eigenvalue weighted by atomic mass is 9.88. The standard InChI is InChI=1S/C18H29N3O2/c1-12-6-13(2)10-21(9-12)18(4,5)11-20-17(23)16-7-15(8-19-16)14(3)22/h7-8,12-13,19H,6,9-11H2,1-5H3,(H,20,23)/t12-,13+. The zero-order chi connectivity index (χ0) is 17.2. The van der Waals surface area contributed by atoms with E-state index in [9.17, 15) is 9.59 Å². The molecule has 5 nitrogen and oxygen atoms in total. The molecule has 5 heteroatoms. The van der Waals surface area contributed by atoms with Crippen molar-refractivity contribution in [3.05, 3.63) is 23.5 Å². The molecule has 0 saturated carbocycles. The first-order valence-corrected chi connectivity index (χ1v) is 8.41.